The molecule has 0 aromatic heterocycles. The highest BCUT2D eigenvalue weighted by atomic mass is 16.6. The summed E-state index contributed by atoms with van der Waals surface area (Å²) in [4.78, 5) is 21.6. The number of carbonyl (C=O) groups is 2. The van der Waals surface area contributed by atoms with E-state index in [2.05, 4.69) is 0 Å². The van der Waals surface area contributed by atoms with E-state index in [1.165, 1.54) is 13.8 Å². The van der Waals surface area contributed by atoms with E-state index in [9.17, 15) is 14.7 Å². The van der Waals surface area contributed by atoms with Crippen LogP contribution in [0.5, 0.6) is 0 Å². The molecule has 0 radical (unpaired) electrons. The topological polar surface area (TPSA) is 125 Å². The number of hydrogen-bond acceptors (Lipinski definition) is 7. The van der Waals surface area contributed by atoms with Crippen LogP contribution in [0.2, 0.25) is 0 Å². The SMILES string of the molecule is CC(=O)OC(CN)[C@H](OC(C)=O)C(O)CN. The third-order valence-electron chi connectivity index (χ3n) is 1.84. The molecule has 94 valence electrons. The molecule has 0 saturated heterocycles. The van der Waals surface area contributed by atoms with Crippen LogP contribution in [0.25, 0.3) is 0 Å². The van der Waals surface area contributed by atoms with Gasteiger partial charge in [0.15, 0.2) is 12.2 Å². The second-order valence-electron chi connectivity index (χ2n) is 3.26. The quantitative estimate of drug-likeness (QED) is 0.459. The summed E-state index contributed by atoms with van der Waals surface area (Å²) >= 11 is 0. The number of rotatable bonds is 6. The summed E-state index contributed by atoms with van der Waals surface area (Å²) in [6.07, 6.45) is -3.08. The zero-order chi connectivity index (χ0) is 12.7. The molecule has 0 amide bonds. The Labute approximate surface area is 93.7 Å². The molecule has 0 spiro atoms. The van der Waals surface area contributed by atoms with E-state index < -0.39 is 30.3 Å². The lowest BCUT2D eigenvalue weighted by Gasteiger charge is -2.28. The van der Waals surface area contributed by atoms with Crippen LogP contribution in [0.1, 0.15) is 13.8 Å². The molecule has 0 aromatic carbocycles. The fourth-order valence-corrected chi connectivity index (χ4v) is 1.19. The minimum atomic E-state index is -1.13. The van der Waals surface area contributed by atoms with Crippen LogP contribution in [0.3, 0.4) is 0 Å². The molecule has 2 unspecified atom stereocenters. The average Bonchev–Trinajstić information content (AvgIpc) is 2.21. The first-order chi connectivity index (χ1) is 7.42. The predicted octanol–water partition coefficient (Wildman–Crippen LogP) is -1.87. The van der Waals surface area contributed by atoms with E-state index in [-0.39, 0.29) is 13.1 Å². The maximum absolute atomic E-state index is 10.8. The molecule has 7 nitrogen and oxygen atoms in total. The number of aliphatic hydroxyl groups excluding tert-OH is 1. The maximum Gasteiger partial charge on any atom is 0.303 e. The number of carbonyl (C=O) groups excluding carboxylic acids is 2. The first-order valence-electron chi connectivity index (χ1n) is 4.85. The van der Waals surface area contributed by atoms with Gasteiger partial charge in [0.05, 0.1) is 0 Å². The van der Waals surface area contributed by atoms with Crippen molar-refractivity contribution in [2.75, 3.05) is 13.1 Å². The number of esters is 2. The molecule has 5 N–H and O–H groups in total. The van der Waals surface area contributed by atoms with Crippen LogP contribution in [-0.4, -0.2) is 48.4 Å². The molecule has 3 atom stereocenters. The lowest BCUT2D eigenvalue weighted by Crippen LogP contribution is -2.49. The van der Waals surface area contributed by atoms with Gasteiger partial charge in [-0.1, -0.05) is 0 Å². The Hall–Kier alpha value is -1.18. The average molecular weight is 234 g/mol. The molecule has 0 bridgehead atoms. The monoisotopic (exact) mass is 234 g/mol. The highest BCUT2D eigenvalue weighted by Crippen LogP contribution is 2.09. The number of aliphatic hydroxyl groups is 1. The van der Waals surface area contributed by atoms with Crippen LogP contribution < -0.4 is 11.5 Å². The summed E-state index contributed by atoms with van der Waals surface area (Å²) in [5.74, 6) is -1.18. The molecule has 7 heteroatoms. The second-order valence-corrected chi connectivity index (χ2v) is 3.26. The molecule has 0 aromatic rings. The van der Waals surface area contributed by atoms with Gasteiger partial charge in [-0.2, -0.15) is 0 Å². The zero-order valence-corrected chi connectivity index (χ0v) is 9.38. The van der Waals surface area contributed by atoms with Crippen LogP contribution in [0.15, 0.2) is 0 Å². The van der Waals surface area contributed by atoms with Gasteiger partial charge in [0.25, 0.3) is 0 Å². The standard InChI is InChI=1S/C9H18N2O5/c1-5(12)15-8(4-11)9(7(14)3-10)16-6(2)13/h7-9,14H,3-4,10-11H2,1-2H3/t7?,8?,9-/m1/s1. The largest absolute Gasteiger partial charge is 0.457 e. The van der Waals surface area contributed by atoms with E-state index in [4.69, 9.17) is 20.9 Å². The Bertz CT molecular complexity index is 246. The van der Waals surface area contributed by atoms with Crippen LogP contribution in [0.4, 0.5) is 0 Å². The van der Waals surface area contributed by atoms with Gasteiger partial charge < -0.3 is 26.0 Å². The first-order valence-corrected chi connectivity index (χ1v) is 4.85. The number of ether oxygens (including phenoxy) is 2. The van der Waals surface area contributed by atoms with Crippen LogP contribution >= 0.6 is 0 Å². The van der Waals surface area contributed by atoms with Crippen molar-refractivity contribution in [3.63, 3.8) is 0 Å². The van der Waals surface area contributed by atoms with E-state index >= 15 is 0 Å². The van der Waals surface area contributed by atoms with E-state index in [1.54, 1.807) is 0 Å². The third-order valence-corrected chi connectivity index (χ3v) is 1.84. The van der Waals surface area contributed by atoms with E-state index in [0.29, 0.717) is 0 Å². The lowest BCUT2D eigenvalue weighted by atomic mass is 10.1. The second kappa shape index (κ2) is 7.15. The van der Waals surface area contributed by atoms with Gasteiger partial charge in [-0.25, -0.2) is 0 Å². The Morgan fingerprint density at radius 3 is 1.94 bits per heavy atom. The molecular formula is C9H18N2O5. The molecule has 0 saturated carbocycles. The van der Waals surface area contributed by atoms with Crippen molar-refractivity contribution in [3.8, 4) is 0 Å². The summed E-state index contributed by atoms with van der Waals surface area (Å²) in [6.45, 7) is 2.17. The summed E-state index contributed by atoms with van der Waals surface area (Å²) in [6, 6.07) is 0. The minimum Gasteiger partial charge on any atom is -0.457 e. The van der Waals surface area contributed by atoms with Gasteiger partial charge in [-0.15, -0.1) is 0 Å². The molecule has 0 aliphatic carbocycles. The molecule has 0 aliphatic rings. The van der Waals surface area contributed by atoms with Gasteiger partial charge in [-0.3, -0.25) is 9.59 Å². The van der Waals surface area contributed by atoms with Crippen molar-refractivity contribution < 1.29 is 24.2 Å². The maximum atomic E-state index is 10.8. The van der Waals surface area contributed by atoms with Gasteiger partial charge in [0.1, 0.15) is 6.10 Å². The Morgan fingerprint density at radius 2 is 1.62 bits per heavy atom. The van der Waals surface area contributed by atoms with Crippen molar-refractivity contribution in [2.45, 2.75) is 32.2 Å². The summed E-state index contributed by atoms with van der Waals surface area (Å²) in [5, 5.41) is 9.53. The summed E-state index contributed by atoms with van der Waals surface area (Å²) in [5.41, 5.74) is 10.6. The fourth-order valence-electron chi connectivity index (χ4n) is 1.19. The zero-order valence-electron chi connectivity index (χ0n) is 9.38. The highest BCUT2D eigenvalue weighted by Gasteiger charge is 2.31. The third kappa shape index (κ3) is 5.06. The smallest absolute Gasteiger partial charge is 0.303 e. The van der Waals surface area contributed by atoms with Crippen LogP contribution in [-0.2, 0) is 19.1 Å². The summed E-state index contributed by atoms with van der Waals surface area (Å²) < 4.78 is 9.66. The number of nitrogens with two attached hydrogens (primary N) is 2. The molecule has 16 heavy (non-hydrogen) atoms. The van der Waals surface area contributed by atoms with Gasteiger partial charge in [0.2, 0.25) is 0 Å². The first kappa shape index (κ1) is 14.8. The predicted molar refractivity (Wildman–Crippen MR) is 55.2 cm³/mol. The van der Waals surface area contributed by atoms with Crippen molar-refractivity contribution >= 4 is 11.9 Å². The Morgan fingerprint density at radius 1 is 1.12 bits per heavy atom. The van der Waals surface area contributed by atoms with Gasteiger partial charge in [-0.05, 0) is 0 Å². The minimum absolute atomic E-state index is 0.0748. The van der Waals surface area contributed by atoms with E-state index in [1.807, 2.05) is 0 Å². The summed E-state index contributed by atoms with van der Waals surface area (Å²) in [7, 11) is 0. The van der Waals surface area contributed by atoms with Gasteiger partial charge in [0, 0.05) is 26.9 Å². The van der Waals surface area contributed by atoms with Crippen molar-refractivity contribution in [1.29, 1.82) is 0 Å². The number of hydrogen-bond donors (Lipinski definition) is 3. The van der Waals surface area contributed by atoms with Crippen LogP contribution in [0, 0.1) is 0 Å². The van der Waals surface area contributed by atoms with Gasteiger partial charge >= 0.3 is 11.9 Å². The molecule has 0 heterocycles. The molecule has 0 rings (SSSR count). The molecule has 0 fully saturated rings. The highest BCUT2D eigenvalue weighted by molar-refractivity contribution is 5.67. The normalized spacial score (nSPS) is 16.1. The molecule has 0 aliphatic heterocycles. The lowest BCUT2D eigenvalue weighted by molar-refractivity contribution is -0.173. The Balaban J connectivity index is 4.67. The fraction of sp³-hybridized carbons (Fsp3) is 0.778. The van der Waals surface area contributed by atoms with Crippen molar-refractivity contribution in [2.24, 2.45) is 11.5 Å². The Kier molecular flexibility index (Phi) is 6.63. The van der Waals surface area contributed by atoms with Crippen molar-refractivity contribution in [3.05, 3.63) is 0 Å². The van der Waals surface area contributed by atoms with E-state index in [0.717, 1.165) is 0 Å². The molecular weight excluding hydrogens is 216 g/mol. The van der Waals surface area contributed by atoms with Crippen molar-refractivity contribution in [1.82, 2.24) is 0 Å².